The Labute approximate surface area is 121 Å². The van der Waals surface area contributed by atoms with E-state index in [0.717, 1.165) is 22.7 Å². The number of hydrogen-bond donors (Lipinski definition) is 1. The molecule has 0 aliphatic rings. The maximum absolute atomic E-state index is 6.05. The topological polar surface area (TPSA) is 12.0 Å². The van der Waals surface area contributed by atoms with Crippen LogP contribution < -0.4 is 5.32 Å². The highest BCUT2D eigenvalue weighted by Gasteiger charge is 2.10. The van der Waals surface area contributed by atoms with Gasteiger partial charge in [-0.1, -0.05) is 55.5 Å². The highest BCUT2D eigenvalue weighted by Crippen LogP contribution is 2.22. The van der Waals surface area contributed by atoms with Crippen LogP contribution in [-0.2, 0) is 0 Å². The van der Waals surface area contributed by atoms with Crippen molar-refractivity contribution in [1.29, 1.82) is 0 Å². The first-order valence-electron chi connectivity index (χ1n) is 6.62. The van der Waals surface area contributed by atoms with Crippen molar-refractivity contribution in [2.45, 2.75) is 33.2 Å². The Hall–Kier alpha value is -1.47. The SMILES string of the molecule is C=C(NC(CC)c1cccc(Cl)c1)C(/C=C\C)=C/C. The molecule has 0 amide bonds. The molecular formula is C17H22ClN. The molecule has 0 aromatic heterocycles. The van der Waals surface area contributed by atoms with Gasteiger partial charge in [-0.05, 0) is 43.5 Å². The number of nitrogens with one attached hydrogen (secondary N) is 1. The molecule has 0 bridgehead atoms. The third-order valence-electron chi connectivity index (χ3n) is 3.01. The minimum atomic E-state index is 0.228. The van der Waals surface area contributed by atoms with Gasteiger partial charge in [0, 0.05) is 10.7 Å². The molecule has 0 spiro atoms. The van der Waals surface area contributed by atoms with Gasteiger partial charge < -0.3 is 5.32 Å². The largest absolute Gasteiger partial charge is 0.378 e. The Balaban J connectivity index is 2.86. The average molecular weight is 276 g/mol. The van der Waals surface area contributed by atoms with E-state index in [-0.39, 0.29) is 6.04 Å². The standard InChI is InChI=1S/C17H22ClN/c1-5-9-14(6-2)13(4)19-17(7-3)15-10-8-11-16(18)12-15/h5-6,8-12,17,19H,4,7H2,1-3H3/b9-5-,14-6+. The van der Waals surface area contributed by atoms with Crippen LogP contribution in [0.3, 0.4) is 0 Å². The van der Waals surface area contributed by atoms with Crippen molar-refractivity contribution in [3.8, 4) is 0 Å². The molecule has 1 N–H and O–H groups in total. The molecule has 2 heteroatoms. The van der Waals surface area contributed by atoms with Crippen LogP contribution in [0.1, 0.15) is 38.8 Å². The highest BCUT2D eigenvalue weighted by atomic mass is 35.5. The molecule has 19 heavy (non-hydrogen) atoms. The summed E-state index contributed by atoms with van der Waals surface area (Å²) in [5, 5.41) is 4.24. The number of allylic oxidation sites excluding steroid dienone is 3. The molecule has 0 aliphatic carbocycles. The first-order chi connectivity index (χ1) is 9.12. The lowest BCUT2D eigenvalue weighted by atomic mass is 10.0. The van der Waals surface area contributed by atoms with E-state index in [4.69, 9.17) is 11.6 Å². The molecule has 1 rings (SSSR count). The molecule has 0 saturated carbocycles. The molecule has 1 aromatic carbocycles. The summed E-state index contributed by atoms with van der Waals surface area (Å²) in [4.78, 5) is 0. The molecular weight excluding hydrogens is 254 g/mol. The van der Waals surface area contributed by atoms with Crippen molar-refractivity contribution >= 4 is 11.6 Å². The predicted molar refractivity (Wildman–Crippen MR) is 85.3 cm³/mol. The molecule has 0 radical (unpaired) electrons. The Morgan fingerprint density at radius 2 is 2.16 bits per heavy atom. The van der Waals surface area contributed by atoms with Crippen LogP contribution in [0.25, 0.3) is 0 Å². The quantitative estimate of drug-likeness (QED) is 0.684. The van der Waals surface area contributed by atoms with Gasteiger partial charge in [0.2, 0.25) is 0 Å². The van der Waals surface area contributed by atoms with Crippen LogP contribution in [0.4, 0.5) is 0 Å². The van der Waals surface area contributed by atoms with Crippen LogP contribution >= 0.6 is 11.6 Å². The zero-order valence-electron chi connectivity index (χ0n) is 11.9. The Bertz CT molecular complexity index is 486. The van der Waals surface area contributed by atoms with E-state index in [1.165, 1.54) is 5.56 Å². The van der Waals surface area contributed by atoms with Gasteiger partial charge >= 0.3 is 0 Å². The van der Waals surface area contributed by atoms with Crippen molar-refractivity contribution in [2.24, 2.45) is 0 Å². The monoisotopic (exact) mass is 275 g/mol. The zero-order chi connectivity index (χ0) is 14.3. The van der Waals surface area contributed by atoms with Crippen molar-refractivity contribution in [3.05, 3.63) is 70.9 Å². The first-order valence-corrected chi connectivity index (χ1v) is 7.00. The highest BCUT2D eigenvalue weighted by molar-refractivity contribution is 6.30. The summed E-state index contributed by atoms with van der Waals surface area (Å²) in [5.41, 5.74) is 3.24. The number of rotatable bonds is 6. The number of hydrogen-bond acceptors (Lipinski definition) is 1. The average Bonchev–Trinajstić information content (AvgIpc) is 2.41. The number of halogens is 1. The van der Waals surface area contributed by atoms with Gasteiger partial charge in [-0.2, -0.15) is 0 Å². The Kier molecular flexibility index (Phi) is 6.44. The molecule has 0 aliphatic heterocycles. The summed E-state index contributed by atoms with van der Waals surface area (Å²) in [6.45, 7) is 10.3. The normalized spacial score (nSPS) is 13.6. The second-order valence-corrected chi connectivity index (χ2v) is 4.82. The minimum Gasteiger partial charge on any atom is -0.378 e. The fraction of sp³-hybridized carbons (Fsp3) is 0.294. The fourth-order valence-electron chi connectivity index (χ4n) is 1.99. The lowest BCUT2D eigenvalue weighted by Crippen LogP contribution is -2.20. The molecule has 1 unspecified atom stereocenters. The summed E-state index contributed by atoms with van der Waals surface area (Å²) in [6.07, 6.45) is 7.11. The molecule has 1 nitrogen and oxygen atoms in total. The van der Waals surface area contributed by atoms with Crippen LogP contribution in [0, 0.1) is 0 Å². The van der Waals surface area contributed by atoms with Crippen LogP contribution in [0.5, 0.6) is 0 Å². The van der Waals surface area contributed by atoms with Crippen molar-refractivity contribution in [3.63, 3.8) is 0 Å². The second kappa shape index (κ2) is 7.85. The van der Waals surface area contributed by atoms with Crippen LogP contribution in [0.2, 0.25) is 5.02 Å². The maximum Gasteiger partial charge on any atom is 0.0511 e. The smallest absolute Gasteiger partial charge is 0.0511 e. The zero-order valence-corrected chi connectivity index (χ0v) is 12.7. The molecule has 102 valence electrons. The van der Waals surface area contributed by atoms with E-state index in [0.29, 0.717) is 0 Å². The van der Waals surface area contributed by atoms with Gasteiger partial charge in [-0.15, -0.1) is 0 Å². The third kappa shape index (κ3) is 4.60. The van der Waals surface area contributed by atoms with E-state index < -0.39 is 0 Å². The van der Waals surface area contributed by atoms with Gasteiger partial charge in [0.05, 0.1) is 6.04 Å². The van der Waals surface area contributed by atoms with Crippen LogP contribution in [0.15, 0.2) is 60.3 Å². The maximum atomic E-state index is 6.05. The van der Waals surface area contributed by atoms with Gasteiger partial charge in [-0.25, -0.2) is 0 Å². The minimum absolute atomic E-state index is 0.228. The molecule has 1 aromatic rings. The fourth-order valence-corrected chi connectivity index (χ4v) is 2.19. The van der Waals surface area contributed by atoms with E-state index in [9.17, 15) is 0 Å². The Morgan fingerprint density at radius 3 is 2.68 bits per heavy atom. The first kappa shape index (κ1) is 15.6. The van der Waals surface area contributed by atoms with Gasteiger partial charge in [0.25, 0.3) is 0 Å². The summed E-state index contributed by atoms with van der Waals surface area (Å²) in [6, 6.07) is 8.19. The van der Waals surface area contributed by atoms with E-state index in [1.54, 1.807) is 0 Å². The van der Waals surface area contributed by atoms with Gasteiger partial charge in [0.1, 0.15) is 0 Å². The molecule has 1 atom stereocenters. The summed E-state index contributed by atoms with van der Waals surface area (Å²) in [7, 11) is 0. The van der Waals surface area contributed by atoms with Crippen molar-refractivity contribution < 1.29 is 0 Å². The lowest BCUT2D eigenvalue weighted by molar-refractivity contribution is 0.586. The second-order valence-electron chi connectivity index (χ2n) is 4.38. The van der Waals surface area contributed by atoms with E-state index in [2.05, 4.69) is 37.0 Å². The van der Waals surface area contributed by atoms with Crippen molar-refractivity contribution in [1.82, 2.24) is 5.32 Å². The predicted octanol–water partition coefficient (Wildman–Crippen LogP) is 5.42. The van der Waals surface area contributed by atoms with E-state index in [1.807, 2.05) is 38.1 Å². The molecule has 0 fully saturated rings. The number of benzene rings is 1. The van der Waals surface area contributed by atoms with Crippen LogP contribution in [-0.4, -0.2) is 0 Å². The summed E-state index contributed by atoms with van der Waals surface area (Å²) >= 11 is 6.05. The van der Waals surface area contributed by atoms with Gasteiger partial charge in [0.15, 0.2) is 0 Å². The third-order valence-corrected chi connectivity index (χ3v) is 3.25. The van der Waals surface area contributed by atoms with Crippen molar-refractivity contribution in [2.75, 3.05) is 0 Å². The lowest BCUT2D eigenvalue weighted by Gasteiger charge is -2.21. The summed E-state index contributed by atoms with van der Waals surface area (Å²) in [5.74, 6) is 0. The molecule has 0 saturated heterocycles. The van der Waals surface area contributed by atoms with E-state index >= 15 is 0 Å². The Morgan fingerprint density at radius 1 is 1.42 bits per heavy atom. The van der Waals surface area contributed by atoms with Gasteiger partial charge in [-0.3, -0.25) is 0 Å². The summed E-state index contributed by atoms with van der Waals surface area (Å²) < 4.78 is 0. The molecule has 0 heterocycles.